The number of nitrogens with one attached hydrogen (secondary N) is 2. The summed E-state index contributed by atoms with van der Waals surface area (Å²) in [6, 6.07) is 3.91. The number of primary amides is 1. The number of nitrogens with zero attached hydrogens (tertiary/aromatic N) is 3. The summed E-state index contributed by atoms with van der Waals surface area (Å²) in [5.41, 5.74) is 11.7. The molecule has 1 aliphatic carbocycles. The van der Waals surface area contributed by atoms with E-state index in [1.165, 1.54) is 29.3 Å². The molecule has 1 aromatic heterocycles. The molecule has 1 saturated carbocycles. The SMILES string of the molecule is CN(C)C(=O)c1ccc(F)c(Nc2nc(N[C@@H]3CCCC[C@@H]3N)cnc2C(N)=O)c1. The van der Waals surface area contributed by atoms with Crippen LogP contribution in [0.5, 0.6) is 0 Å². The maximum absolute atomic E-state index is 14.4. The fraction of sp³-hybridized carbons (Fsp3) is 0.400. The summed E-state index contributed by atoms with van der Waals surface area (Å²) in [6.07, 6.45) is 5.34. The van der Waals surface area contributed by atoms with Crippen molar-refractivity contribution >= 4 is 29.1 Å². The van der Waals surface area contributed by atoms with E-state index in [2.05, 4.69) is 20.6 Å². The molecule has 3 rings (SSSR count). The monoisotopic (exact) mass is 415 g/mol. The summed E-state index contributed by atoms with van der Waals surface area (Å²) in [6.45, 7) is 0. The first kappa shape index (κ1) is 21.4. The third-order valence-corrected chi connectivity index (χ3v) is 5.03. The Hall–Kier alpha value is -3.27. The summed E-state index contributed by atoms with van der Waals surface area (Å²) >= 11 is 0. The van der Waals surface area contributed by atoms with Gasteiger partial charge in [0.15, 0.2) is 11.5 Å². The lowest BCUT2D eigenvalue weighted by Gasteiger charge is -2.29. The molecular weight excluding hydrogens is 389 g/mol. The molecule has 2 amide bonds. The van der Waals surface area contributed by atoms with Gasteiger partial charge in [-0.05, 0) is 31.0 Å². The molecule has 1 fully saturated rings. The fourth-order valence-corrected chi connectivity index (χ4v) is 3.39. The molecule has 0 aliphatic heterocycles. The lowest BCUT2D eigenvalue weighted by atomic mass is 9.91. The van der Waals surface area contributed by atoms with Crippen LogP contribution in [0.1, 0.15) is 46.5 Å². The van der Waals surface area contributed by atoms with E-state index in [0.717, 1.165) is 25.7 Å². The largest absolute Gasteiger partial charge is 0.364 e. The van der Waals surface area contributed by atoms with Gasteiger partial charge in [-0.1, -0.05) is 12.8 Å². The Kier molecular flexibility index (Phi) is 6.46. The van der Waals surface area contributed by atoms with Crippen LogP contribution in [0.2, 0.25) is 0 Å². The molecule has 0 unspecified atom stereocenters. The van der Waals surface area contributed by atoms with Crippen LogP contribution in [-0.4, -0.2) is 52.9 Å². The number of halogens is 1. The van der Waals surface area contributed by atoms with E-state index in [0.29, 0.717) is 5.82 Å². The van der Waals surface area contributed by atoms with Gasteiger partial charge >= 0.3 is 0 Å². The molecule has 9 nitrogen and oxygen atoms in total. The van der Waals surface area contributed by atoms with Gasteiger partial charge in [0.25, 0.3) is 11.8 Å². The van der Waals surface area contributed by atoms with Crippen molar-refractivity contribution in [1.82, 2.24) is 14.9 Å². The van der Waals surface area contributed by atoms with Crippen molar-refractivity contribution in [3.63, 3.8) is 0 Å². The number of rotatable bonds is 6. The first-order valence-electron chi connectivity index (χ1n) is 9.73. The Balaban J connectivity index is 1.91. The Labute approximate surface area is 174 Å². The van der Waals surface area contributed by atoms with Crippen LogP contribution < -0.4 is 22.1 Å². The maximum Gasteiger partial charge on any atom is 0.271 e. The molecule has 1 aliphatic rings. The van der Waals surface area contributed by atoms with E-state index in [1.54, 1.807) is 14.1 Å². The molecule has 0 radical (unpaired) electrons. The number of carbonyl (C=O) groups is 2. The molecule has 160 valence electrons. The van der Waals surface area contributed by atoms with E-state index in [1.807, 2.05) is 0 Å². The maximum atomic E-state index is 14.4. The summed E-state index contributed by atoms with van der Waals surface area (Å²) in [7, 11) is 3.20. The number of carbonyl (C=O) groups excluding carboxylic acids is 2. The third-order valence-electron chi connectivity index (χ3n) is 5.03. The van der Waals surface area contributed by atoms with Crippen molar-refractivity contribution in [3.05, 3.63) is 41.5 Å². The van der Waals surface area contributed by atoms with Gasteiger partial charge in [0.05, 0.1) is 11.9 Å². The minimum absolute atomic E-state index is 0.00904. The molecular formula is C20H26FN7O2. The van der Waals surface area contributed by atoms with E-state index in [4.69, 9.17) is 11.5 Å². The molecule has 6 N–H and O–H groups in total. The topological polar surface area (TPSA) is 139 Å². The number of benzene rings is 1. The number of aromatic nitrogens is 2. The van der Waals surface area contributed by atoms with Gasteiger partial charge in [-0.2, -0.15) is 0 Å². The predicted molar refractivity (Wildman–Crippen MR) is 112 cm³/mol. The van der Waals surface area contributed by atoms with Gasteiger partial charge in [-0.25, -0.2) is 14.4 Å². The van der Waals surface area contributed by atoms with E-state index >= 15 is 0 Å². The number of anilines is 3. The van der Waals surface area contributed by atoms with Crippen molar-refractivity contribution in [3.8, 4) is 0 Å². The van der Waals surface area contributed by atoms with Crippen molar-refractivity contribution in [2.45, 2.75) is 37.8 Å². The normalized spacial score (nSPS) is 18.5. The van der Waals surface area contributed by atoms with Crippen molar-refractivity contribution in [2.24, 2.45) is 11.5 Å². The smallest absolute Gasteiger partial charge is 0.271 e. The van der Waals surface area contributed by atoms with E-state index in [-0.39, 0.29) is 40.8 Å². The van der Waals surface area contributed by atoms with Crippen molar-refractivity contribution < 1.29 is 14.0 Å². The summed E-state index contributed by atoms with van der Waals surface area (Å²) in [5.74, 6) is -1.33. The van der Waals surface area contributed by atoms with Crippen LogP contribution >= 0.6 is 0 Å². The lowest BCUT2D eigenvalue weighted by molar-refractivity contribution is 0.0827. The van der Waals surface area contributed by atoms with E-state index < -0.39 is 11.7 Å². The average Bonchev–Trinajstić information content (AvgIpc) is 2.70. The highest BCUT2D eigenvalue weighted by Gasteiger charge is 2.23. The molecule has 10 heteroatoms. The molecule has 0 spiro atoms. The predicted octanol–water partition coefficient (Wildman–Crippen LogP) is 1.84. The molecule has 30 heavy (non-hydrogen) atoms. The average molecular weight is 415 g/mol. The zero-order chi connectivity index (χ0) is 21.8. The fourth-order valence-electron chi connectivity index (χ4n) is 3.39. The van der Waals surface area contributed by atoms with Crippen LogP contribution in [0.25, 0.3) is 0 Å². The summed E-state index contributed by atoms with van der Waals surface area (Å²) < 4.78 is 14.4. The number of nitrogens with two attached hydrogens (primary N) is 2. The standard InChI is InChI=1S/C20H26FN7O2/c1-28(2)20(30)11-7-8-12(21)15(9-11)26-19-17(18(23)29)24-10-16(27-19)25-14-6-4-3-5-13(14)22/h7-10,13-14H,3-6,22H2,1-2H3,(H2,23,29)(H2,25,26,27)/t13-,14+/m0/s1. The second-order valence-corrected chi connectivity index (χ2v) is 7.54. The highest BCUT2D eigenvalue weighted by atomic mass is 19.1. The van der Waals surface area contributed by atoms with Gasteiger partial charge in [0, 0.05) is 31.7 Å². The van der Waals surface area contributed by atoms with Crippen LogP contribution in [0.3, 0.4) is 0 Å². The Morgan fingerprint density at radius 3 is 2.63 bits per heavy atom. The Morgan fingerprint density at radius 1 is 1.23 bits per heavy atom. The molecule has 2 aromatic rings. The van der Waals surface area contributed by atoms with Gasteiger partial charge in [0.1, 0.15) is 11.6 Å². The number of amides is 2. The zero-order valence-corrected chi connectivity index (χ0v) is 17.0. The molecule has 0 saturated heterocycles. The minimum Gasteiger partial charge on any atom is -0.364 e. The lowest BCUT2D eigenvalue weighted by Crippen LogP contribution is -2.42. The summed E-state index contributed by atoms with van der Waals surface area (Å²) in [4.78, 5) is 33.8. The van der Waals surface area contributed by atoms with Crippen LogP contribution in [0, 0.1) is 5.82 Å². The number of hydrogen-bond acceptors (Lipinski definition) is 7. The van der Waals surface area contributed by atoms with Gasteiger partial charge in [-0.15, -0.1) is 0 Å². The second-order valence-electron chi connectivity index (χ2n) is 7.54. The first-order valence-corrected chi connectivity index (χ1v) is 9.73. The van der Waals surface area contributed by atoms with Gasteiger partial charge < -0.3 is 27.0 Å². The Morgan fingerprint density at radius 2 is 1.97 bits per heavy atom. The molecule has 1 aromatic carbocycles. The van der Waals surface area contributed by atoms with Crippen LogP contribution in [0.15, 0.2) is 24.4 Å². The van der Waals surface area contributed by atoms with E-state index in [9.17, 15) is 14.0 Å². The number of hydrogen-bond donors (Lipinski definition) is 4. The zero-order valence-electron chi connectivity index (χ0n) is 17.0. The minimum atomic E-state index is -0.813. The van der Waals surface area contributed by atoms with Gasteiger partial charge in [0.2, 0.25) is 0 Å². The van der Waals surface area contributed by atoms with Crippen LogP contribution in [0.4, 0.5) is 21.7 Å². The highest BCUT2D eigenvalue weighted by molar-refractivity contribution is 5.97. The molecule has 0 bridgehead atoms. The van der Waals surface area contributed by atoms with Crippen molar-refractivity contribution in [1.29, 1.82) is 0 Å². The Bertz CT molecular complexity index is 951. The molecule has 2 atom stereocenters. The van der Waals surface area contributed by atoms with Crippen LogP contribution in [-0.2, 0) is 0 Å². The second kappa shape index (κ2) is 9.04. The highest BCUT2D eigenvalue weighted by Crippen LogP contribution is 2.25. The third kappa shape index (κ3) is 4.82. The van der Waals surface area contributed by atoms with Crippen molar-refractivity contribution in [2.75, 3.05) is 24.7 Å². The summed E-state index contributed by atoms with van der Waals surface area (Å²) in [5, 5.41) is 5.99. The molecule has 1 heterocycles. The van der Waals surface area contributed by atoms with Gasteiger partial charge in [-0.3, -0.25) is 9.59 Å². The quantitative estimate of drug-likeness (QED) is 0.564. The first-order chi connectivity index (χ1) is 14.3.